The fourth-order valence-corrected chi connectivity index (χ4v) is 1.28. The van der Waals surface area contributed by atoms with Crippen molar-refractivity contribution in [2.75, 3.05) is 6.61 Å². The van der Waals surface area contributed by atoms with Crippen LogP contribution in [0.5, 0.6) is 5.75 Å². The van der Waals surface area contributed by atoms with E-state index in [1.165, 1.54) is 6.92 Å². The number of hydrogen-bond donors (Lipinski definition) is 0. The quantitative estimate of drug-likeness (QED) is 0.624. The maximum atomic E-state index is 12.6. The summed E-state index contributed by atoms with van der Waals surface area (Å²) in [7, 11) is 0. The number of carbonyl (C=O) groups is 1. The van der Waals surface area contributed by atoms with E-state index in [0.29, 0.717) is 12.1 Å². The molecule has 0 aliphatic rings. The predicted octanol–water partition coefficient (Wildman–Crippen LogP) is 3.70. The van der Waals surface area contributed by atoms with Crippen LogP contribution in [0.3, 0.4) is 0 Å². The molecule has 8 heteroatoms. The Labute approximate surface area is 104 Å². The lowest BCUT2D eigenvalue weighted by molar-refractivity contribution is -0.275. The second-order valence-electron chi connectivity index (χ2n) is 3.32. The first-order chi connectivity index (χ1) is 8.74. The van der Waals surface area contributed by atoms with Crippen molar-refractivity contribution in [3.05, 3.63) is 29.3 Å². The highest BCUT2D eigenvalue weighted by atomic mass is 19.4. The number of hydrogen-bond acceptors (Lipinski definition) is 3. The van der Waals surface area contributed by atoms with Gasteiger partial charge in [0.2, 0.25) is 0 Å². The molecular formula is C11H9F5O3. The third-order valence-electron chi connectivity index (χ3n) is 1.98. The molecule has 19 heavy (non-hydrogen) atoms. The van der Waals surface area contributed by atoms with E-state index in [9.17, 15) is 26.7 Å². The molecule has 3 nitrogen and oxygen atoms in total. The second kappa shape index (κ2) is 5.85. The molecule has 0 heterocycles. The molecule has 0 radical (unpaired) electrons. The van der Waals surface area contributed by atoms with Gasteiger partial charge < -0.3 is 9.47 Å². The van der Waals surface area contributed by atoms with Crippen molar-refractivity contribution in [2.24, 2.45) is 0 Å². The largest absolute Gasteiger partial charge is 0.573 e. The standard InChI is InChI=1S/C11H9F5O3/c1-2-18-10(17)6-3-4-8(19-11(14,15)16)7(5-6)9(12)13/h3-5,9H,2H2,1H3. The van der Waals surface area contributed by atoms with Gasteiger partial charge >= 0.3 is 12.3 Å². The fourth-order valence-electron chi connectivity index (χ4n) is 1.28. The fraction of sp³-hybridized carbons (Fsp3) is 0.364. The minimum Gasteiger partial charge on any atom is -0.462 e. The maximum absolute atomic E-state index is 12.6. The van der Waals surface area contributed by atoms with E-state index in [4.69, 9.17) is 0 Å². The number of halogens is 5. The summed E-state index contributed by atoms with van der Waals surface area (Å²) in [5.41, 5.74) is -1.30. The van der Waals surface area contributed by atoms with Crippen LogP contribution in [0.15, 0.2) is 18.2 Å². The van der Waals surface area contributed by atoms with Crippen molar-refractivity contribution in [1.82, 2.24) is 0 Å². The molecule has 0 bridgehead atoms. The number of ether oxygens (including phenoxy) is 2. The van der Waals surface area contributed by atoms with Gasteiger partial charge in [0, 0.05) is 0 Å². The highest BCUT2D eigenvalue weighted by molar-refractivity contribution is 5.89. The minimum absolute atomic E-state index is 0.0175. The van der Waals surface area contributed by atoms with Gasteiger partial charge in [0.15, 0.2) is 0 Å². The lowest BCUT2D eigenvalue weighted by Crippen LogP contribution is -2.18. The molecule has 0 N–H and O–H groups in total. The van der Waals surface area contributed by atoms with Gasteiger partial charge in [0.1, 0.15) is 5.75 Å². The molecule has 0 amide bonds. The van der Waals surface area contributed by atoms with E-state index in [-0.39, 0.29) is 12.2 Å². The van der Waals surface area contributed by atoms with E-state index < -0.39 is 30.1 Å². The highest BCUT2D eigenvalue weighted by Crippen LogP contribution is 2.33. The predicted molar refractivity (Wildman–Crippen MR) is 54.0 cm³/mol. The molecule has 0 saturated heterocycles. The topological polar surface area (TPSA) is 35.5 Å². The maximum Gasteiger partial charge on any atom is 0.573 e. The first-order valence-corrected chi connectivity index (χ1v) is 5.09. The average Bonchev–Trinajstić information content (AvgIpc) is 2.27. The zero-order valence-corrected chi connectivity index (χ0v) is 9.63. The summed E-state index contributed by atoms with van der Waals surface area (Å²) >= 11 is 0. The van der Waals surface area contributed by atoms with Crippen molar-refractivity contribution >= 4 is 5.97 Å². The Balaban J connectivity index is 3.11. The molecule has 106 valence electrons. The smallest absolute Gasteiger partial charge is 0.462 e. The summed E-state index contributed by atoms with van der Waals surface area (Å²) in [5.74, 6) is -1.95. The molecule has 1 aromatic carbocycles. The number of rotatable bonds is 4. The zero-order chi connectivity index (χ0) is 14.6. The van der Waals surface area contributed by atoms with Crippen molar-refractivity contribution in [3.63, 3.8) is 0 Å². The van der Waals surface area contributed by atoms with Gasteiger partial charge in [0.25, 0.3) is 6.43 Å². The van der Waals surface area contributed by atoms with Gasteiger partial charge in [-0.3, -0.25) is 0 Å². The molecule has 1 aromatic rings. The van der Waals surface area contributed by atoms with Crippen LogP contribution in [0.2, 0.25) is 0 Å². The summed E-state index contributed by atoms with van der Waals surface area (Å²) in [6.45, 7) is 1.52. The molecule has 0 fully saturated rings. The highest BCUT2D eigenvalue weighted by Gasteiger charge is 2.33. The Kier molecular flexibility index (Phi) is 4.68. The van der Waals surface area contributed by atoms with E-state index >= 15 is 0 Å². The van der Waals surface area contributed by atoms with E-state index in [1.807, 2.05) is 0 Å². The van der Waals surface area contributed by atoms with Crippen LogP contribution in [-0.4, -0.2) is 18.9 Å². The van der Waals surface area contributed by atoms with E-state index in [0.717, 1.165) is 6.07 Å². The molecular weight excluding hydrogens is 275 g/mol. The van der Waals surface area contributed by atoms with Gasteiger partial charge in [-0.1, -0.05) is 0 Å². The van der Waals surface area contributed by atoms with Crippen LogP contribution in [0.1, 0.15) is 29.3 Å². The Morgan fingerprint density at radius 3 is 2.42 bits per heavy atom. The van der Waals surface area contributed by atoms with Crippen molar-refractivity contribution in [1.29, 1.82) is 0 Å². The number of esters is 1. The summed E-state index contributed by atoms with van der Waals surface area (Å²) in [6, 6.07) is 2.19. The first kappa shape index (κ1) is 15.2. The lowest BCUT2D eigenvalue weighted by atomic mass is 10.1. The normalized spacial score (nSPS) is 11.5. The summed E-state index contributed by atoms with van der Waals surface area (Å²) in [6.07, 6.45) is -8.30. The van der Waals surface area contributed by atoms with Crippen LogP contribution >= 0.6 is 0 Å². The second-order valence-corrected chi connectivity index (χ2v) is 3.32. The Hall–Kier alpha value is -1.86. The molecule has 0 saturated carbocycles. The molecule has 0 atom stereocenters. The van der Waals surface area contributed by atoms with E-state index in [1.54, 1.807) is 0 Å². The van der Waals surface area contributed by atoms with Crippen LogP contribution in [-0.2, 0) is 4.74 Å². The van der Waals surface area contributed by atoms with Crippen LogP contribution in [0, 0.1) is 0 Å². The van der Waals surface area contributed by atoms with Gasteiger partial charge in [0.05, 0.1) is 17.7 Å². The molecule has 0 aliphatic carbocycles. The third-order valence-corrected chi connectivity index (χ3v) is 1.98. The summed E-state index contributed by atoms with van der Waals surface area (Å²) in [5, 5.41) is 0. The van der Waals surface area contributed by atoms with Gasteiger partial charge in [-0.15, -0.1) is 13.2 Å². The number of benzene rings is 1. The third kappa shape index (κ3) is 4.38. The average molecular weight is 284 g/mol. The van der Waals surface area contributed by atoms with Crippen molar-refractivity contribution in [3.8, 4) is 5.75 Å². The Morgan fingerprint density at radius 1 is 1.32 bits per heavy atom. The van der Waals surface area contributed by atoms with Gasteiger partial charge in [-0.05, 0) is 25.1 Å². The van der Waals surface area contributed by atoms with Crippen molar-refractivity contribution < 1.29 is 36.2 Å². The molecule has 0 unspecified atom stereocenters. The SMILES string of the molecule is CCOC(=O)c1ccc(OC(F)(F)F)c(C(F)F)c1. The first-order valence-electron chi connectivity index (χ1n) is 5.09. The van der Waals surface area contributed by atoms with E-state index in [2.05, 4.69) is 9.47 Å². The zero-order valence-electron chi connectivity index (χ0n) is 9.63. The Bertz CT molecular complexity index is 456. The van der Waals surface area contributed by atoms with Gasteiger partial charge in [-0.2, -0.15) is 0 Å². The molecule has 1 rings (SSSR count). The monoisotopic (exact) mass is 284 g/mol. The number of alkyl halides is 5. The number of carbonyl (C=O) groups excluding carboxylic acids is 1. The van der Waals surface area contributed by atoms with Gasteiger partial charge in [-0.25, -0.2) is 13.6 Å². The van der Waals surface area contributed by atoms with Crippen LogP contribution < -0.4 is 4.74 Å². The van der Waals surface area contributed by atoms with Crippen LogP contribution in [0.25, 0.3) is 0 Å². The van der Waals surface area contributed by atoms with Crippen molar-refractivity contribution in [2.45, 2.75) is 19.7 Å². The lowest BCUT2D eigenvalue weighted by Gasteiger charge is -2.13. The summed E-state index contributed by atoms with van der Waals surface area (Å²) < 4.78 is 69.3. The molecule has 0 spiro atoms. The Morgan fingerprint density at radius 2 is 1.95 bits per heavy atom. The molecule has 0 aromatic heterocycles. The molecule has 0 aliphatic heterocycles. The minimum atomic E-state index is -5.09. The van der Waals surface area contributed by atoms with Crippen LogP contribution in [0.4, 0.5) is 22.0 Å². The summed E-state index contributed by atoms with van der Waals surface area (Å²) in [4.78, 5) is 11.3.